The van der Waals surface area contributed by atoms with E-state index in [0.29, 0.717) is 30.1 Å². The molecule has 0 spiro atoms. The van der Waals surface area contributed by atoms with E-state index in [1.807, 2.05) is 13.8 Å². The summed E-state index contributed by atoms with van der Waals surface area (Å²) in [5, 5.41) is 8.99. The zero-order valence-electron chi connectivity index (χ0n) is 14.8. The van der Waals surface area contributed by atoms with Crippen LogP contribution in [0.5, 0.6) is 0 Å². The summed E-state index contributed by atoms with van der Waals surface area (Å²) < 4.78 is 0. The van der Waals surface area contributed by atoms with Gasteiger partial charge in [0, 0.05) is 17.3 Å². The summed E-state index contributed by atoms with van der Waals surface area (Å²) >= 11 is 6.06. The number of anilines is 1. The van der Waals surface area contributed by atoms with Gasteiger partial charge in [0.1, 0.15) is 12.1 Å². The van der Waals surface area contributed by atoms with Gasteiger partial charge in [0.15, 0.2) is 0 Å². The maximum Gasteiger partial charge on any atom is 0.319 e. The van der Waals surface area contributed by atoms with Gasteiger partial charge < -0.3 is 20.9 Å². The van der Waals surface area contributed by atoms with E-state index < -0.39 is 12.1 Å². The lowest BCUT2D eigenvalue weighted by atomic mass is 10.0. The minimum Gasteiger partial charge on any atom is -0.343 e. The first-order chi connectivity index (χ1) is 12.4. The normalized spacial score (nSPS) is 24.9. The molecular formula is C18H23ClN4O3. The van der Waals surface area contributed by atoms with Crippen LogP contribution in [0, 0.1) is 6.92 Å². The maximum absolute atomic E-state index is 12.5. The Bertz CT molecular complexity index is 739. The molecule has 26 heavy (non-hydrogen) atoms. The first kappa shape index (κ1) is 18.5. The molecule has 3 N–H and O–H groups in total. The van der Waals surface area contributed by atoms with E-state index >= 15 is 0 Å². The van der Waals surface area contributed by atoms with Gasteiger partial charge in [-0.3, -0.25) is 9.59 Å². The highest BCUT2D eigenvalue weighted by atomic mass is 35.5. The van der Waals surface area contributed by atoms with Crippen molar-refractivity contribution in [3.63, 3.8) is 0 Å². The van der Waals surface area contributed by atoms with Crippen LogP contribution >= 0.6 is 11.6 Å². The molecule has 2 fully saturated rings. The Hall–Kier alpha value is -2.28. The Morgan fingerprint density at radius 3 is 2.88 bits per heavy atom. The molecule has 2 saturated heterocycles. The molecule has 3 atom stereocenters. The number of piperazine rings is 1. The van der Waals surface area contributed by atoms with Crippen LogP contribution in [0.15, 0.2) is 18.2 Å². The third-order valence-corrected chi connectivity index (χ3v) is 5.34. The fourth-order valence-electron chi connectivity index (χ4n) is 3.53. The van der Waals surface area contributed by atoms with E-state index in [2.05, 4.69) is 16.0 Å². The minimum atomic E-state index is -0.506. The van der Waals surface area contributed by atoms with Gasteiger partial charge >= 0.3 is 6.03 Å². The number of halogens is 1. The molecule has 140 valence electrons. The number of amides is 4. The fourth-order valence-corrected chi connectivity index (χ4v) is 3.71. The number of urea groups is 1. The van der Waals surface area contributed by atoms with Crippen molar-refractivity contribution in [1.82, 2.24) is 15.5 Å². The molecule has 0 aliphatic carbocycles. The highest BCUT2D eigenvalue weighted by Gasteiger charge is 2.46. The van der Waals surface area contributed by atoms with E-state index in [1.165, 1.54) is 0 Å². The van der Waals surface area contributed by atoms with Gasteiger partial charge in [0.2, 0.25) is 11.8 Å². The van der Waals surface area contributed by atoms with Crippen LogP contribution in [-0.4, -0.2) is 47.4 Å². The molecule has 1 aromatic rings. The van der Waals surface area contributed by atoms with Crippen molar-refractivity contribution in [1.29, 1.82) is 0 Å². The van der Waals surface area contributed by atoms with Crippen molar-refractivity contribution in [3.8, 4) is 0 Å². The Morgan fingerprint density at radius 1 is 1.38 bits per heavy atom. The van der Waals surface area contributed by atoms with Crippen molar-refractivity contribution in [3.05, 3.63) is 28.8 Å². The number of carbonyl (C=O) groups excluding carboxylic acids is 3. The monoisotopic (exact) mass is 378 g/mol. The molecule has 0 aromatic heterocycles. The predicted molar refractivity (Wildman–Crippen MR) is 99.1 cm³/mol. The standard InChI is InChI=1S/C18H23ClN4O3/c1-3-5-14-17(25)23-9-11(8-15(23)16(24)21-14)20-18(26)22-13-7-4-6-12(19)10(13)2/h4,6-7,11,14-15H,3,5,8-9H2,1-2H3,(H,21,24)(H2,20,22,26)/t11-,14-,15-/m0/s1. The van der Waals surface area contributed by atoms with Gasteiger partial charge in [0.05, 0.1) is 6.04 Å². The van der Waals surface area contributed by atoms with Gasteiger partial charge in [-0.15, -0.1) is 0 Å². The van der Waals surface area contributed by atoms with E-state index in [9.17, 15) is 14.4 Å². The zero-order valence-corrected chi connectivity index (χ0v) is 15.6. The number of carbonyl (C=O) groups is 3. The Morgan fingerprint density at radius 2 is 2.15 bits per heavy atom. The van der Waals surface area contributed by atoms with Gasteiger partial charge in [-0.05, 0) is 37.5 Å². The summed E-state index contributed by atoms with van der Waals surface area (Å²) in [6.07, 6.45) is 1.86. The molecule has 2 aliphatic rings. The minimum absolute atomic E-state index is 0.0631. The maximum atomic E-state index is 12.5. The summed E-state index contributed by atoms with van der Waals surface area (Å²) in [5.41, 5.74) is 1.41. The van der Waals surface area contributed by atoms with Crippen LogP contribution < -0.4 is 16.0 Å². The van der Waals surface area contributed by atoms with Crippen molar-refractivity contribution in [2.24, 2.45) is 0 Å². The highest BCUT2D eigenvalue weighted by molar-refractivity contribution is 6.31. The smallest absolute Gasteiger partial charge is 0.319 e. The SMILES string of the molecule is CCC[C@@H]1NC(=O)[C@@H]2C[C@H](NC(=O)Nc3cccc(Cl)c3C)CN2C1=O. The summed E-state index contributed by atoms with van der Waals surface area (Å²) in [4.78, 5) is 38.7. The summed E-state index contributed by atoms with van der Waals surface area (Å²) in [6.45, 7) is 4.14. The molecule has 0 saturated carbocycles. The van der Waals surface area contributed by atoms with E-state index in [0.717, 1.165) is 12.0 Å². The number of benzene rings is 1. The molecule has 0 unspecified atom stereocenters. The Labute approximate surface area is 157 Å². The van der Waals surface area contributed by atoms with Crippen molar-refractivity contribution in [2.45, 2.75) is 51.2 Å². The average Bonchev–Trinajstić information content (AvgIpc) is 3.01. The number of hydrogen-bond acceptors (Lipinski definition) is 3. The lowest BCUT2D eigenvalue weighted by Crippen LogP contribution is -2.61. The highest BCUT2D eigenvalue weighted by Crippen LogP contribution is 2.25. The van der Waals surface area contributed by atoms with E-state index in [-0.39, 0.29) is 23.9 Å². The third-order valence-electron chi connectivity index (χ3n) is 4.93. The van der Waals surface area contributed by atoms with Crippen molar-refractivity contribution >= 4 is 35.1 Å². The molecule has 2 heterocycles. The summed E-state index contributed by atoms with van der Waals surface area (Å²) in [5.74, 6) is -0.203. The zero-order chi connectivity index (χ0) is 18.8. The van der Waals surface area contributed by atoms with Gasteiger partial charge in [0.25, 0.3) is 0 Å². The molecule has 2 aliphatic heterocycles. The Balaban J connectivity index is 1.62. The van der Waals surface area contributed by atoms with Crippen LogP contribution in [0.4, 0.5) is 10.5 Å². The summed E-state index contributed by atoms with van der Waals surface area (Å²) in [7, 11) is 0. The second kappa shape index (κ2) is 7.53. The molecule has 7 nitrogen and oxygen atoms in total. The molecule has 4 amide bonds. The van der Waals surface area contributed by atoms with Crippen LogP contribution in [0.2, 0.25) is 5.02 Å². The lowest BCUT2D eigenvalue weighted by Gasteiger charge is -2.34. The number of rotatable bonds is 4. The number of nitrogens with zero attached hydrogens (tertiary/aromatic N) is 1. The molecule has 8 heteroatoms. The quantitative estimate of drug-likeness (QED) is 0.748. The first-order valence-electron chi connectivity index (χ1n) is 8.84. The van der Waals surface area contributed by atoms with Crippen LogP contribution in [0.3, 0.4) is 0 Å². The van der Waals surface area contributed by atoms with Crippen molar-refractivity contribution in [2.75, 3.05) is 11.9 Å². The number of nitrogens with one attached hydrogen (secondary N) is 3. The topological polar surface area (TPSA) is 90.5 Å². The van der Waals surface area contributed by atoms with Crippen LogP contribution in [-0.2, 0) is 9.59 Å². The predicted octanol–water partition coefficient (Wildman–Crippen LogP) is 2.04. The first-order valence-corrected chi connectivity index (χ1v) is 9.22. The molecule has 1 aromatic carbocycles. The molecule has 3 rings (SSSR count). The largest absolute Gasteiger partial charge is 0.343 e. The molecular weight excluding hydrogens is 356 g/mol. The fraction of sp³-hybridized carbons (Fsp3) is 0.500. The lowest BCUT2D eigenvalue weighted by molar-refractivity contribution is -0.147. The van der Waals surface area contributed by atoms with Gasteiger partial charge in [-0.2, -0.15) is 0 Å². The molecule has 0 bridgehead atoms. The van der Waals surface area contributed by atoms with Gasteiger partial charge in [-0.1, -0.05) is 31.0 Å². The van der Waals surface area contributed by atoms with E-state index in [1.54, 1.807) is 23.1 Å². The number of fused-ring (bicyclic) bond motifs is 1. The Kier molecular flexibility index (Phi) is 5.36. The third kappa shape index (κ3) is 3.62. The van der Waals surface area contributed by atoms with Crippen molar-refractivity contribution < 1.29 is 14.4 Å². The van der Waals surface area contributed by atoms with Gasteiger partial charge in [-0.25, -0.2) is 4.79 Å². The molecule has 0 radical (unpaired) electrons. The number of hydrogen-bond donors (Lipinski definition) is 3. The van der Waals surface area contributed by atoms with Crippen LogP contribution in [0.25, 0.3) is 0 Å². The van der Waals surface area contributed by atoms with E-state index in [4.69, 9.17) is 11.6 Å². The summed E-state index contributed by atoms with van der Waals surface area (Å²) in [6, 6.07) is 3.68. The van der Waals surface area contributed by atoms with Crippen LogP contribution in [0.1, 0.15) is 31.7 Å². The second-order valence-corrected chi connectivity index (χ2v) is 7.21. The second-order valence-electron chi connectivity index (χ2n) is 6.80. The average molecular weight is 379 g/mol.